The van der Waals surface area contributed by atoms with E-state index in [0.29, 0.717) is 5.69 Å². The summed E-state index contributed by atoms with van der Waals surface area (Å²) < 4.78 is 1.88. The van der Waals surface area contributed by atoms with Crippen LogP contribution in [0.1, 0.15) is 36.2 Å². The quantitative estimate of drug-likeness (QED) is 0.548. The number of hydrogen-bond donors (Lipinski definition) is 3. The van der Waals surface area contributed by atoms with Crippen molar-refractivity contribution < 1.29 is 15.0 Å². The summed E-state index contributed by atoms with van der Waals surface area (Å²) >= 11 is 0. The molecule has 102 valence electrons. The number of amides is 1. The molecular formula is C12H21N3O3. The zero-order chi connectivity index (χ0) is 13.2. The van der Waals surface area contributed by atoms with E-state index in [1.807, 2.05) is 4.57 Å². The van der Waals surface area contributed by atoms with Crippen LogP contribution in [0.15, 0.2) is 12.5 Å². The van der Waals surface area contributed by atoms with E-state index in [1.165, 1.54) is 0 Å². The molecule has 0 aromatic carbocycles. The molecular weight excluding hydrogens is 234 g/mol. The van der Waals surface area contributed by atoms with Gasteiger partial charge in [-0.2, -0.15) is 0 Å². The third-order valence-electron chi connectivity index (χ3n) is 2.59. The fourth-order valence-corrected chi connectivity index (χ4v) is 1.62. The number of aryl methyl sites for hydroxylation is 1. The third kappa shape index (κ3) is 5.29. The molecule has 0 spiro atoms. The number of carbonyl (C=O) groups excluding carboxylic acids is 1. The standard InChI is InChI=1S/C12H21N3O3/c16-7-4-2-1-3-6-15-9-11(14-10-15)12(18)13-5-8-17/h9-10,16-17H,1-8H2,(H,13,18). The van der Waals surface area contributed by atoms with E-state index < -0.39 is 0 Å². The minimum Gasteiger partial charge on any atom is -0.396 e. The molecule has 0 aliphatic rings. The summed E-state index contributed by atoms with van der Waals surface area (Å²) in [6.07, 6.45) is 7.28. The monoisotopic (exact) mass is 255 g/mol. The number of carbonyl (C=O) groups is 1. The Morgan fingerprint density at radius 1 is 1.22 bits per heavy atom. The topological polar surface area (TPSA) is 87.4 Å². The second-order valence-corrected chi connectivity index (χ2v) is 4.11. The van der Waals surface area contributed by atoms with E-state index in [9.17, 15) is 4.79 Å². The largest absolute Gasteiger partial charge is 0.396 e. The van der Waals surface area contributed by atoms with E-state index >= 15 is 0 Å². The smallest absolute Gasteiger partial charge is 0.271 e. The molecule has 3 N–H and O–H groups in total. The normalized spacial score (nSPS) is 10.6. The van der Waals surface area contributed by atoms with Gasteiger partial charge >= 0.3 is 0 Å². The van der Waals surface area contributed by atoms with Crippen molar-refractivity contribution >= 4 is 5.91 Å². The Bertz CT molecular complexity index is 352. The Hall–Kier alpha value is -1.40. The molecule has 1 amide bonds. The zero-order valence-electron chi connectivity index (χ0n) is 10.5. The van der Waals surface area contributed by atoms with E-state index in [0.717, 1.165) is 32.2 Å². The van der Waals surface area contributed by atoms with Gasteiger partial charge < -0.3 is 20.1 Å². The predicted octanol–water partition coefficient (Wildman–Crippen LogP) is 0.158. The van der Waals surface area contributed by atoms with Crippen molar-refractivity contribution in [2.45, 2.75) is 32.2 Å². The van der Waals surface area contributed by atoms with Gasteiger partial charge in [0.15, 0.2) is 0 Å². The van der Waals surface area contributed by atoms with Crippen molar-refractivity contribution in [2.24, 2.45) is 0 Å². The van der Waals surface area contributed by atoms with E-state index in [-0.39, 0.29) is 25.7 Å². The van der Waals surface area contributed by atoms with Gasteiger partial charge in [0.25, 0.3) is 5.91 Å². The Kier molecular flexibility index (Phi) is 7.05. The summed E-state index contributed by atoms with van der Waals surface area (Å²) in [5.74, 6) is -0.261. The number of hydrogen-bond acceptors (Lipinski definition) is 4. The second kappa shape index (κ2) is 8.66. The first kappa shape index (κ1) is 14.7. The van der Waals surface area contributed by atoms with Gasteiger partial charge in [-0.25, -0.2) is 4.98 Å². The Labute approximate surface area is 107 Å². The highest BCUT2D eigenvalue weighted by Gasteiger charge is 2.07. The first-order valence-corrected chi connectivity index (χ1v) is 6.29. The molecule has 6 nitrogen and oxygen atoms in total. The Morgan fingerprint density at radius 3 is 2.72 bits per heavy atom. The van der Waals surface area contributed by atoms with Gasteiger partial charge in [-0.05, 0) is 12.8 Å². The number of nitrogens with zero attached hydrogens (tertiary/aromatic N) is 2. The summed E-state index contributed by atoms with van der Waals surface area (Å²) in [6.45, 7) is 1.25. The highest BCUT2D eigenvalue weighted by molar-refractivity contribution is 5.91. The van der Waals surface area contributed by atoms with Gasteiger partial charge in [0.2, 0.25) is 0 Å². The second-order valence-electron chi connectivity index (χ2n) is 4.11. The van der Waals surface area contributed by atoms with Gasteiger partial charge in [0.1, 0.15) is 5.69 Å². The van der Waals surface area contributed by atoms with Crippen LogP contribution in [0, 0.1) is 0 Å². The highest BCUT2D eigenvalue weighted by atomic mass is 16.3. The maximum absolute atomic E-state index is 11.5. The lowest BCUT2D eigenvalue weighted by atomic mass is 10.2. The summed E-state index contributed by atoms with van der Waals surface area (Å²) in [5, 5.41) is 19.8. The van der Waals surface area contributed by atoms with Gasteiger partial charge in [-0.1, -0.05) is 12.8 Å². The summed E-state index contributed by atoms with van der Waals surface area (Å²) in [4.78, 5) is 15.5. The summed E-state index contributed by atoms with van der Waals surface area (Å²) in [5.41, 5.74) is 0.374. The SMILES string of the molecule is O=C(NCCO)c1cn(CCCCCCO)cn1. The number of aliphatic hydroxyl groups excluding tert-OH is 2. The van der Waals surface area contributed by atoms with E-state index in [2.05, 4.69) is 10.3 Å². The number of unbranched alkanes of at least 4 members (excludes halogenated alkanes) is 3. The zero-order valence-corrected chi connectivity index (χ0v) is 10.5. The average molecular weight is 255 g/mol. The molecule has 0 aliphatic heterocycles. The fraction of sp³-hybridized carbons (Fsp3) is 0.667. The molecule has 1 rings (SSSR count). The Balaban J connectivity index is 2.27. The molecule has 6 heteroatoms. The number of aromatic nitrogens is 2. The molecule has 0 bridgehead atoms. The maximum atomic E-state index is 11.5. The molecule has 0 aliphatic carbocycles. The molecule has 0 unspecified atom stereocenters. The molecule has 0 saturated heterocycles. The minimum absolute atomic E-state index is 0.0721. The third-order valence-corrected chi connectivity index (χ3v) is 2.59. The van der Waals surface area contributed by atoms with Crippen molar-refractivity contribution in [3.05, 3.63) is 18.2 Å². The molecule has 18 heavy (non-hydrogen) atoms. The van der Waals surface area contributed by atoms with Gasteiger partial charge in [-0.3, -0.25) is 4.79 Å². The number of rotatable bonds is 9. The first-order valence-electron chi connectivity index (χ1n) is 6.29. The average Bonchev–Trinajstić information content (AvgIpc) is 2.84. The van der Waals surface area contributed by atoms with Gasteiger partial charge in [0, 0.05) is 25.9 Å². The Morgan fingerprint density at radius 2 is 2.00 bits per heavy atom. The van der Waals surface area contributed by atoms with Gasteiger partial charge in [-0.15, -0.1) is 0 Å². The van der Waals surface area contributed by atoms with Crippen LogP contribution in [-0.2, 0) is 6.54 Å². The summed E-state index contributed by atoms with van der Waals surface area (Å²) in [7, 11) is 0. The van der Waals surface area contributed by atoms with Crippen LogP contribution in [-0.4, -0.2) is 45.4 Å². The first-order chi connectivity index (χ1) is 8.77. The maximum Gasteiger partial charge on any atom is 0.271 e. The van der Waals surface area contributed by atoms with Crippen LogP contribution >= 0.6 is 0 Å². The van der Waals surface area contributed by atoms with Crippen molar-refractivity contribution in [1.82, 2.24) is 14.9 Å². The molecule has 0 radical (unpaired) electrons. The molecule has 1 aromatic rings. The number of aliphatic hydroxyl groups is 2. The van der Waals surface area contributed by atoms with E-state index in [4.69, 9.17) is 10.2 Å². The van der Waals surface area contributed by atoms with Gasteiger partial charge in [0.05, 0.1) is 12.9 Å². The van der Waals surface area contributed by atoms with Crippen molar-refractivity contribution in [2.75, 3.05) is 19.8 Å². The van der Waals surface area contributed by atoms with Crippen LogP contribution in [0.2, 0.25) is 0 Å². The molecule has 0 atom stereocenters. The van der Waals surface area contributed by atoms with Crippen molar-refractivity contribution in [1.29, 1.82) is 0 Å². The molecule has 0 fully saturated rings. The van der Waals surface area contributed by atoms with Crippen molar-refractivity contribution in [3.63, 3.8) is 0 Å². The lowest BCUT2D eigenvalue weighted by Gasteiger charge is -2.01. The van der Waals surface area contributed by atoms with Crippen LogP contribution in [0.4, 0.5) is 0 Å². The lowest BCUT2D eigenvalue weighted by molar-refractivity contribution is 0.0940. The van der Waals surface area contributed by atoms with Crippen LogP contribution in [0.3, 0.4) is 0 Å². The highest BCUT2D eigenvalue weighted by Crippen LogP contribution is 2.03. The van der Waals surface area contributed by atoms with E-state index in [1.54, 1.807) is 12.5 Å². The molecule has 0 saturated carbocycles. The number of imidazole rings is 1. The lowest BCUT2D eigenvalue weighted by Crippen LogP contribution is -2.26. The van der Waals surface area contributed by atoms with Crippen LogP contribution in [0.25, 0.3) is 0 Å². The minimum atomic E-state index is -0.261. The molecule has 1 heterocycles. The summed E-state index contributed by atoms with van der Waals surface area (Å²) in [6, 6.07) is 0. The fourth-order valence-electron chi connectivity index (χ4n) is 1.62. The number of nitrogens with one attached hydrogen (secondary N) is 1. The molecule has 1 aromatic heterocycles. The van der Waals surface area contributed by atoms with Crippen molar-refractivity contribution in [3.8, 4) is 0 Å². The predicted molar refractivity (Wildman–Crippen MR) is 67.2 cm³/mol. The van der Waals surface area contributed by atoms with Crippen LogP contribution in [0.5, 0.6) is 0 Å². The van der Waals surface area contributed by atoms with Crippen LogP contribution < -0.4 is 5.32 Å².